The molecule has 0 N–H and O–H groups in total. The molecule has 0 spiro atoms. The predicted molar refractivity (Wildman–Crippen MR) is 91.1 cm³/mol. The Morgan fingerprint density at radius 3 is 2.63 bits per heavy atom. The number of sulfonamides is 1. The molecule has 0 amide bonds. The van der Waals surface area contributed by atoms with Crippen LogP contribution < -0.4 is 4.74 Å². The number of rotatable bonds is 5. The van der Waals surface area contributed by atoms with Gasteiger partial charge >= 0.3 is 5.97 Å². The van der Waals surface area contributed by atoms with E-state index < -0.39 is 34.0 Å². The molecule has 1 aliphatic rings. The van der Waals surface area contributed by atoms with Crippen molar-refractivity contribution in [2.24, 2.45) is 0 Å². The molecule has 146 valence electrons. The van der Waals surface area contributed by atoms with Crippen molar-refractivity contribution >= 4 is 16.0 Å². The average molecular weight is 398 g/mol. The number of aryl methyl sites for hydroxylation is 2. The minimum Gasteiger partial charge on any atom is -0.486 e. The molecular weight excluding hydrogens is 379 g/mol. The number of para-hydroxylation sites is 1. The van der Waals surface area contributed by atoms with Crippen LogP contribution in [-0.2, 0) is 19.6 Å². The quantitative estimate of drug-likeness (QED) is 0.708. The maximum Gasteiger partial charge on any atom is 0.324 e. The van der Waals surface area contributed by atoms with Gasteiger partial charge in [0, 0.05) is 6.42 Å². The largest absolute Gasteiger partial charge is 0.486 e. The molecule has 1 aromatic heterocycles. The fourth-order valence-corrected chi connectivity index (χ4v) is 5.07. The number of hydrogen-bond acceptors (Lipinski definition) is 7. The first-order chi connectivity index (χ1) is 12.8. The van der Waals surface area contributed by atoms with Crippen LogP contribution in [0.4, 0.5) is 4.39 Å². The van der Waals surface area contributed by atoms with Gasteiger partial charge in [-0.05, 0) is 26.0 Å². The lowest BCUT2D eigenvalue weighted by Gasteiger charge is -2.21. The van der Waals surface area contributed by atoms with Crippen molar-refractivity contribution in [2.45, 2.75) is 37.3 Å². The van der Waals surface area contributed by atoms with E-state index >= 15 is 0 Å². The van der Waals surface area contributed by atoms with Gasteiger partial charge in [-0.3, -0.25) is 4.79 Å². The zero-order valence-corrected chi connectivity index (χ0v) is 15.8. The van der Waals surface area contributed by atoms with E-state index in [4.69, 9.17) is 14.0 Å². The van der Waals surface area contributed by atoms with E-state index in [0.717, 1.165) is 4.31 Å². The van der Waals surface area contributed by atoms with Gasteiger partial charge in [0.25, 0.3) is 0 Å². The van der Waals surface area contributed by atoms with Gasteiger partial charge < -0.3 is 14.0 Å². The summed E-state index contributed by atoms with van der Waals surface area (Å²) in [5.41, 5.74) is 0.189. The summed E-state index contributed by atoms with van der Waals surface area (Å²) in [5.74, 6) is -1.18. The van der Waals surface area contributed by atoms with Crippen LogP contribution in [0.2, 0.25) is 0 Å². The van der Waals surface area contributed by atoms with Crippen LogP contribution in [0.3, 0.4) is 0 Å². The number of carbonyl (C=O) groups excluding carboxylic acids is 1. The van der Waals surface area contributed by atoms with Crippen LogP contribution in [0, 0.1) is 19.7 Å². The minimum absolute atomic E-state index is 0.0114. The minimum atomic E-state index is -4.09. The Bertz CT molecular complexity index is 939. The summed E-state index contributed by atoms with van der Waals surface area (Å²) < 4.78 is 56.4. The number of carbonyl (C=O) groups is 1. The van der Waals surface area contributed by atoms with E-state index in [-0.39, 0.29) is 35.1 Å². The zero-order chi connectivity index (χ0) is 19.8. The van der Waals surface area contributed by atoms with Gasteiger partial charge in [-0.2, -0.15) is 4.31 Å². The lowest BCUT2D eigenvalue weighted by atomic mass is 10.2. The van der Waals surface area contributed by atoms with Crippen LogP contribution >= 0.6 is 0 Å². The second-order valence-corrected chi connectivity index (χ2v) is 8.00. The number of esters is 1. The van der Waals surface area contributed by atoms with Crippen LogP contribution in [0.5, 0.6) is 5.75 Å². The number of benzene rings is 1. The number of methoxy groups -OCH3 is 1. The lowest BCUT2D eigenvalue weighted by Crippen LogP contribution is -2.41. The third kappa shape index (κ3) is 3.54. The highest BCUT2D eigenvalue weighted by Gasteiger charge is 2.47. The summed E-state index contributed by atoms with van der Waals surface area (Å²) in [7, 11) is -2.92. The second kappa shape index (κ2) is 7.28. The van der Waals surface area contributed by atoms with E-state index in [2.05, 4.69) is 5.16 Å². The third-order valence-electron chi connectivity index (χ3n) is 4.36. The number of aromatic nitrogens is 1. The smallest absolute Gasteiger partial charge is 0.324 e. The van der Waals surface area contributed by atoms with Crippen molar-refractivity contribution in [1.29, 1.82) is 0 Å². The number of hydrogen-bond donors (Lipinski definition) is 0. The molecule has 0 bridgehead atoms. The van der Waals surface area contributed by atoms with E-state index in [1.807, 2.05) is 0 Å². The highest BCUT2D eigenvalue weighted by atomic mass is 32.2. The normalized spacial score (nSPS) is 20.6. The number of ether oxygens (including phenoxy) is 2. The van der Waals surface area contributed by atoms with Crippen molar-refractivity contribution in [3.8, 4) is 5.75 Å². The Morgan fingerprint density at radius 1 is 1.33 bits per heavy atom. The van der Waals surface area contributed by atoms with Gasteiger partial charge in [0.2, 0.25) is 10.0 Å². The number of halogens is 1. The summed E-state index contributed by atoms with van der Waals surface area (Å²) in [4.78, 5) is 12.1. The fraction of sp³-hybridized carbons (Fsp3) is 0.412. The SMILES string of the molecule is COC(=O)[C@@H]1C[C@@H](Oc2ccccc2F)CN1S(=O)(=O)c1c(C)noc1C. The van der Waals surface area contributed by atoms with Crippen molar-refractivity contribution in [3.63, 3.8) is 0 Å². The Balaban J connectivity index is 1.93. The lowest BCUT2D eigenvalue weighted by molar-refractivity contribution is -0.144. The highest BCUT2D eigenvalue weighted by molar-refractivity contribution is 7.89. The first-order valence-electron chi connectivity index (χ1n) is 8.19. The molecule has 27 heavy (non-hydrogen) atoms. The summed E-state index contributed by atoms with van der Waals surface area (Å²) in [6, 6.07) is 4.70. The van der Waals surface area contributed by atoms with Gasteiger partial charge in [-0.15, -0.1) is 0 Å². The summed E-state index contributed by atoms with van der Waals surface area (Å²) in [6.45, 7) is 2.84. The van der Waals surface area contributed by atoms with E-state index in [9.17, 15) is 17.6 Å². The first kappa shape index (κ1) is 19.3. The molecule has 10 heteroatoms. The average Bonchev–Trinajstić information content (AvgIpc) is 3.20. The molecule has 0 aliphatic carbocycles. The summed E-state index contributed by atoms with van der Waals surface area (Å²) in [5, 5.41) is 3.66. The van der Waals surface area contributed by atoms with E-state index in [1.165, 1.54) is 39.2 Å². The predicted octanol–water partition coefficient (Wildman–Crippen LogP) is 1.81. The molecule has 0 saturated carbocycles. The van der Waals surface area contributed by atoms with Gasteiger partial charge in [-0.1, -0.05) is 17.3 Å². The Kier molecular flexibility index (Phi) is 5.20. The van der Waals surface area contributed by atoms with Gasteiger partial charge in [0.1, 0.15) is 22.7 Å². The second-order valence-electron chi connectivity index (χ2n) is 6.17. The molecule has 0 radical (unpaired) electrons. The topological polar surface area (TPSA) is 98.9 Å². The van der Waals surface area contributed by atoms with Crippen LogP contribution in [0.1, 0.15) is 17.9 Å². The molecule has 0 unspecified atom stereocenters. The monoisotopic (exact) mass is 398 g/mol. The fourth-order valence-electron chi connectivity index (χ4n) is 3.15. The molecule has 1 aliphatic heterocycles. The molecule has 2 atom stereocenters. The van der Waals surface area contributed by atoms with Gasteiger partial charge in [-0.25, -0.2) is 12.8 Å². The maximum absolute atomic E-state index is 13.9. The van der Waals surface area contributed by atoms with Crippen LogP contribution in [0.25, 0.3) is 0 Å². The third-order valence-corrected chi connectivity index (χ3v) is 6.48. The number of nitrogens with zero attached hydrogens (tertiary/aromatic N) is 2. The molecule has 3 rings (SSSR count). The Labute approximate surface area is 155 Å². The van der Waals surface area contributed by atoms with Crippen LogP contribution in [0.15, 0.2) is 33.7 Å². The van der Waals surface area contributed by atoms with E-state index in [0.29, 0.717) is 0 Å². The molecule has 8 nitrogen and oxygen atoms in total. The molecule has 2 aromatic rings. The first-order valence-corrected chi connectivity index (χ1v) is 9.63. The molecule has 2 heterocycles. The highest BCUT2D eigenvalue weighted by Crippen LogP contribution is 2.32. The van der Waals surface area contributed by atoms with Crippen molar-refractivity contribution in [2.75, 3.05) is 13.7 Å². The van der Waals surface area contributed by atoms with Gasteiger partial charge in [0.05, 0.1) is 13.7 Å². The maximum atomic E-state index is 13.9. The summed E-state index contributed by atoms with van der Waals surface area (Å²) in [6.07, 6.45) is -0.690. The molecule has 1 aromatic carbocycles. The standard InChI is InChI=1S/C17H19FN2O6S/c1-10-16(11(2)26-19-10)27(22,23)20-9-12(8-14(20)17(21)24-3)25-15-7-5-4-6-13(15)18/h4-7,12,14H,8-9H2,1-3H3/t12-,14+/m1/s1. The Hall–Kier alpha value is -2.46. The van der Waals surface area contributed by atoms with Crippen LogP contribution in [-0.4, -0.2) is 49.6 Å². The van der Waals surface area contributed by atoms with Crippen molar-refractivity contribution < 1.29 is 31.6 Å². The molecule has 1 saturated heterocycles. The summed E-state index contributed by atoms with van der Waals surface area (Å²) >= 11 is 0. The Morgan fingerprint density at radius 2 is 2.04 bits per heavy atom. The molecular formula is C17H19FN2O6S. The molecule has 1 fully saturated rings. The van der Waals surface area contributed by atoms with E-state index in [1.54, 1.807) is 6.07 Å². The van der Waals surface area contributed by atoms with Crippen molar-refractivity contribution in [3.05, 3.63) is 41.5 Å². The van der Waals surface area contributed by atoms with Gasteiger partial charge in [0.15, 0.2) is 17.3 Å². The zero-order valence-electron chi connectivity index (χ0n) is 15.0. The van der Waals surface area contributed by atoms with Crippen molar-refractivity contribution in [1.82, 2.24) is 9.46 Å².